The van der Waals surface area contributed by atoms with Gasteiger partial charge in [0.05, 0.1) is 5.39 Å². The first-order chi connectivity index (χ1) is 11.6. The Hall–Kier alpha value is -1.94. The number of nitrogens with zero attached hydrogens (tertiary/aromatic N) is 3. The summed E-state index contributed by atoms with van der Waals surface area (Å²) < 4.78 is 0. The molecular formula is C20H23N3S. The number of thiophene rings is 1. The van der Waals surface area contributed by atoms with E-state index in [1.54, 1.807) is 17.7 Å². The summed E-state index contributed by atoms with van der Waals surface area (Å²) in [5.41, 5.74) is 5.20. The van der Waals surface area contributed by atoms with Crippen molar-refractivity contribution in [2.75, 3.05) is 11.4 Å². The van der Waals surface area contributed by atoms with Crippen LogP contribution < -0.4 is 4.90 Å². The SMILES string of the molecule is Cc1ccc(-c2csc3ncnc(N4CCCCC4C)c23)c(C)c1. The quantitative estimate of drug-likeness (QED) is 0.631. The zero-order valence-corrected chi connectivity index (χ0v) is 15.4. The lowest BCUT2D eigenvalue weighted by Gasteiger charge is -2.34. The second-order valence-electron chi connectivity index (χ2n) is 6.88. The van der Waals surface area contributed by atoms with E-state index in [-0.39, 0.29) is 0 Å². The molecule has 3 heterocycles. The Morgan fingerprint density at radius 2 is 2.00 bits per heavy atom. The van der Waals surface area contributed by atoms with E-state index in [0.717, 1.165) is 17.2 Å². The average molecular weight is 337 g/mol. The minimum Gasteiger partial charge on any atom is -0.353 e. The van der Waals surface area contributed by atoms with Crippen molar-refractivity contribution in [3.63, 3.8) is 0 Å². The smallest absolute Gasteiger partial charge is 0.141 e. The van der Waals surface area contributed by atoms with Gasteiger partial charge in [0.15, 0.2) is 0 Å². The van der Waals surface area contributed by atoms with Crippen molar-refractivity contribution >= 4 is 27.4 Å². The zero-order chi connectivity index (χ0) is 16.7. The second-order valence-corrected chi connectivity index (χ2v) is 7.74. The van der Waals surface area contributed by atoms with Gasteiger partial charge >= 0.3 is 0 Å². The molecule has 1 atom stereocenters. The number of rotatable bonds is 2. The topological polar surface area (TPSA) is 29.0 Å². The van der Waals surface area contributed by atoms with E-state index in [4.69, 9.17) is 4.98 Å². The number of piperidine rings is 1. The average Bonchev–Trinajstić information content (AvgIpc) is 2.99. The molecule has 0 saturated carbocycles. The molecule has 1 aliphatic heterocycles. The summed E-state index contributed by atoms with van der Waals surface area (Å²) in [6.45, 7) is 7.75. The molecule has 4 heteroatoms. The molecule has 1 saturated heterocycles. The van der Waals surface area contributed by atoms with Crippen molar-refractivity contribution in [1.29, 1.82) is 0 Å². The van der Waals surface area contributed by atoms with Gasteiger partial charge in [-0.05, 0) is 51.2 Å². The van der Waals surface area contributed by atoms with Gasteiger partial charge in [-0.1, -0.05) is 23.8 Å². The van der Waals surface area contributed by atoms with Crippen LogP contribution in [0.2, 0.25) is 0 Å². The molecule has 1 unspecified atom stereocenters. The molecule has 3 nitrogen and oxygen atoms in total. The standard InChI is InChI=1S/C20H23N3S/c1-13-7-8-16(14(2)10-13)17-11-24-20-18(17)19(21-12-22-20)23-9-5-4-6-15(23)3/h7-8,10-12,15H,4-6,9H2,1-3H3. The highest BCUT2D eigenvalue weighted by atomic mass is 32.1. The van der Waals surface area contributed by atoms with E-state index in [9.17, 15) is 0 Å². The van der Waals surface area contributed by atoms with Crippen molar-refractivity contribution in [3.8, 4) is 11.1 Å². The third-order valence-corrected chi connectivity index (χ3v) is 5.98. The van der Waals surface area contributed by atoms with E-state index < -0.39 is 0 Å². The van der Waals surface area contributed by atoms with E-state index in [1.807, 2.05) is 0 Å². The summed E-state index contributed by atoms with van der Waals surface area (Å²) in [5, 5.41) is 3.47. The van der Waals surface area contributed by atoms with Gasteiger partial charge in [-0.3, -0.25) is 0 Å². The Morgan fingerprint density at radius 3 is 2.79 bits per heavy atom. The summed E-state index contributed by atoms with van der Waals surface area (Å²) in [6, 6.07) is 7.23. The fraction of sp³-hybridized carbons (Fsp3) is 0.400. The van der Waals surface area contributed by atoms with Gasteiger partial charge in [-0.2, -0.15) is 0 Å². The number of aromatic nitrogens is 2. The van der Waals surface area contributed by atoms with Crippen LogP contribution in [0.4, 0.5) is 5.82 Å². The van der Waals surface area contributed by atoms with Crippen LogP contribution in [-0.2, 0) is 0 Å². The maximum Gasteiger partial charge on any atom is 0.141 e. The first kappa shape index (κ1) is 15.6. The number of aryl methyl sites for hydroxylation is 2. The van der Waals surface area contributed by atoms with Crippen molar-refractivity contribution in [3.05, 3.63) is 41.0 Å². The van der Waals surface area contributed by atoms with Crippen molar-refractivity contribution in [2.45, 2.75) is 46.1 Å². The number of hydrogen-bond donors (Lipinski definition) is 0. The van der Waals surface area contributed by atoms with Crippen LogP contribution in [0.3, 0.4) is 0 Å². The zero-order valence-electron chi connectivity index (χ0n) is 14.5. The van der Waals surface area contributed by atoms with Crippen LogP contribution in [-0.4, -0.2) is 22.6 Å². The van der Waals surface area contributed by atoms with Gasteiger partial charge in [-0.25, -0.2) is 9.97 Å². The first-order valence-corrected chi connectivity index (χ1v) is 9.59. The molecule has 4 rings (SSSR count). The first-order valence-electron chi connectivity index (χ1n) is 8.71. The predicted molar refractivity (Wildman–Crippen MR) is 103 cm³/mol. The Labute approximate surface area is 147 Å². The van der Waals surface area contributed by atoms with Crippen LogP contribution in [0.5, 0.6) is 0 Å². The molecule has 0 bridgehead atoms. The lowest BCUT2D eigenvalue weighted by Crippen LogP contribution is -2.38. The molecule has 24 heavy (non-hydrogen) atoms. The molecule has 0 amide bonds. The molecule has 1 fully saturated rings. The van der Waals surface area contributed by atoms with E-state index in [0.29, 0.717) is 6.04 Å². The van der Waals surface area contributed by atoms with Crippen LogP contribution in [0, 0.1) is 13.8 Å². The van der Waals surface area contributed by atoms with Crippen LogP contribution in [0.15, 0.2) is 29.9 Å². The molecular weight excluding hydrogens is 314 g/mol. The third kappa shape index (κ3) is 2.59. The Balaban J connectivity index is 1.91. The van der Waals surface area contributed by atoms with Gasteiger partial charge < -0.3 is 4.90 Å². The second kappa shape index (κ2) is 6.17. The van der Waals surface area contributed by atoms with Gasteiger partial charge in [-0.15, -0.1) is 11.3 Å². The molecule has 1 aromatic carbocycles. The minimum atomic E-state index is 0.545. The molecule has 0 radical (unpaired) electrons. The van der Waals surface area contributed by atoms with Gasteiger partial charge in [0.1, 0.15) is 17.0 Å². The Kier molecular flexibility index (Phi) is 4.01. The van der Waals surface area contributed by atoms with Crippen LogP contribution >= 0.6 is 11.3 Å². The highest BCUT2D eigenvalue weighted by Gasteiger charge is 2.24. The maximum atomic E-state index is 4.71. The van der Waals surface area contributed by atoms with Gasteiger partial charge in [0.25, 0.3) is 0 Å². The summed E-state index contributed by atoms with van der Waals surface area (Å²) >= 11 is 1.72. The van der Waals surface area contributed by atoms with E-state index in [2.05, 4.69) is 54.2 Å². The third-order valence-electron chi connectivity index (χ3n) is 5.10. The number of anilines is 1. The van der Waals surface area contributed by atoms with Gasteiger partial charge in [0, 0.05) is 23.5 Å². The summed E-state index contributed by atoms with van der Waals surface area (Å²) in [6.07, 6.45) is 5.54. The summed E-state index contributed by atoms with van der Waals surface area (Å²) in [5.74, 6) is 1.11. The van der Waals surface area contributed by atoms with Gasteiger partial charge in [0.2, 0.25) is 0 Å². The monoisotopic (exact) mass is 337 g/mol. The van der Waals surface area contributed by atoms with Crippen molar-refractivity contribution in [1.82, 2.24) is 9.97 Å². The number of fused-ring (bicyclic) bond motifs is 1. The highest BCUT2D eigenvalue weighted by Crippen LogP contribution is 2.40. The highest BCUT2D eigenvalue weighted by molar-refractivity contribution is 7.17. The molecule has 1 aliphatic rings. The van der Waals surface area contributed by atoms with Crippen LogP contribution in [0.25, 0.3) is 21.3 Å². The number of benzene rings is 1. The number of hydrogen-bond acceptors (Lipinski definition) is 4. The summed E-state index contributed by atoms with van der Waals surface area (Å²) in [7, 11) is 0. The van der Waals surface area contributed by atoms with E-state index >= 15 is 0 Å². The largest absolute Gasteiger partial charge is 0.353 e. The fourth-order valence-corrected chi connectivity index (χ4v) is 4.71. The summed E-state index contributed by atoms with van der Waals surface area (Å²) in [4.78, 5) is 12.8. The van der Waals surface area contributed by atoms with Crippen molar-refractivity contribution < 1.29 is 0 Å². The molecule has 2 aromatic heterocycles. The molecule has 124 valence electrons. The predicted octanol–water partition coefficient (Wildman–Crippen LogP) is 5.35. The Bertz CT molecular complexity index is 884. The molecule has 0 aliphatic carbocycles. The molecule has 3 aromatic rings. The molecule has 0 N–H and O–H groups in total. The minimum absolute atomic E-state index is 0.545. The Morgan fingerprint density at radius 1 is 1.12 bits per heavy atom. The van der Waals surface area contributed by atoms with Crippen LogP contribution in [0.1, 0.15) is 37.3 Å². The lowest BCUT2D eigenvalue weighted by molar-refractivity contribution is 0.482. The normalized spacial score (nSPS) is 18.3. The van der Waals surface area contributed by atoms with Crippen molar-refractivity contribution in [2.24, 2.45) is 0 Å². The lowest BCUT2D eigenvalue weighted by atomic mass is 9.98. The maximum absolute atomic E-state index is 4.71. The fourth-order valence-electron chi connectivity index (χ4n) is 3.80. The molecule has 0 spiro atoms. The van der Waals surface area contributed by atoms with E-state index in [1.165, 1.54) is 46.9 Å².